The van der Waals surface area contributed by atoms with Crippen LogP contribution in [0.3, 0.4) is 0 Å². The van der Waals surface area contributed by atoms with E-state index in [4.69, 9.17) is 52.9 Å². The summed E-state index contributed by atoms with van der Waals surface area (Å²) in [5.74, 6) is -2.53. The lowest BCUT2D eigenvalue weighted by Gasteiger charge is -2.25. The molecule has 0 aliphatic rings. The Bertz CT molecular complexity index is 1580. The minimum Gasteiger partial charge on any atom is -0.444 e. The number of alkyl carbamates (subject to hydrolysis) is 1. The van der Waals surface area contributed by atoms with Crippen LogP contribution in [0.2, 0.25) is 0 Å². The number of anilines is 1. The highest BCUT2D eigenvalue weighted by atomic mass is 16.6. The zero-order valence-electron chi connectivity index (χ0n) is 41.1. The largest absolute Gasteiger partial charge is 0.444 e. The van der Waals surface area contributed by atoms with Gasteiger partial charge >= 0.3 is 6.09 Å². The number of rotatable bonds is 43. The molecule has 24 nitrogen and oxygen atoms in total. The van der Waals surface area contributed by atoms with Gasteiger partial charge in [0.25, 0.3) is 0 Å². The van der Waals surface area contributed by atoms with Crippen molar-refractivity contribution in [2.45, 2.75) is 78.2 Å². The van der Waals surface area contributed by atoms with Crippen LogP contribution in [0.15, 0.2) is 29.4 Å². The molecule has 0 saturated heterocycles. The van der Waals surface area contributed by atoms with E-state index >= 15 is 0 Å². The summed E-state index contributed by atoms with van der Waals surface area (Å²) in [6.45, 7) is 14.9. The molecule has 2 atom stereocenters. The normalized spacial score (nSPS) is 12.2. The Labute approximate surface area is 405 Å². The lowest BCUT2D eigenvalue weighted by Crippen LogP contribution is -2.55. The molecule has 69 heavy (non-hydrogen) atoms. The Morgan fingerprint density at radius 1 is 0.623 bits per heavy atom. The highest BCUT2D eigenvalue weighted by molar-refractivity contribution is 5.98. The average molecular weight is 987 g/mol. The summed E-state index contributed by atoms with van der Waals surface area (Å²) in [7, 11) is 0. The van der Waals surface area contributed by atoms with Crippen molar-refractivity contribution in [2.75, 3.05) is 144 Å². The van der Waals surface area contributed by atoms with Crippen LogP contribution in [0.4, 0.5) is 10.5 Å². The van der Waals surface area contributed by atoms with Gasteiger partial charge in [0.05, 0.1) is 112 Å². The van der Waals surface area contributed by atoms with Gasteiger partial charge in [-0.1, -0.05) is 31.1 Å². The number of nitrogens with one attached hydrogen (secondary N) is 5. The summed E-state index contributed by atoms with van der Waals surface area (Å²) in [4.78, 5) is 66.6. The number of carbonyl (C=O) groups is 5. The molecule has 1 aromatic carbocycles. The van der Waals surface area contributed by atoms with E-state index in [0.29, 0.717) is 136 Å². The van der Waals surface area contributed by atoms with Crippen molar-refractivity contribution in [3.63, 3.8) is 0 Å². The predicted molar refractivity (Wildman–Crippen MR) is 252 cm³/mol. The third-order valence-electron chi connectivity index (χ3n) is 8.93. The Kier molecular flexibility index (Phi) is 37.1. The lowest BCUT2D eigenvalue weighted by atomic mass is 10.0. The molecule has 0 heterocycles. The molecule has 0 spiro atoms. The molecule has 0 bridgehead atoms. The van der Waals surface area contributed by atoms with E-state index in [1.54, 1.807) is 58.9 Å². The van der Waals surface area contributed by atoms with Crippen LogP contribution >= 0.6 is 0 Å². The Hall–Kier alpha value is -4.72. The topological polar surface area (TPSA) is 307 Å². The predicted octanol–water partition coefficient (Wildman–Crippen LogP) is 2.01. The monoisotopic (exact) mass is 987 g/mol. The van der Waals surface area contributed by atoms with Crippen LogP contribution in [0.1, 0.15) is 59.4 Å². The first-order valence-corrected chi connectivity index (χ1v) is 23.3. The molecule has 0 aromatic heterocycles. The molecule has 0 saturated carbocycles. The molecule has 0 radical (unpaired) electrons. The molecule has 0 aliphatic carbocycles. The number of unbranched alkanes of at least 4 members (excludes halogenated alkanes) is 1. The first-order valence-electron chi connectivity index (χ1n) is 23.3. The number of hydrogen-bond acceptors (Lipinski definition) is 17. The van der Waals surface area contributed by atoms with Gasteiger partial charge in [0.15, 0.2) is 0 Å². The van der Waals surface area contributed by atoms with Gasteiger partial charge in [0.2, 0.25) is 23.6 Å². The summed E-state index contributed by atoms with van der Waals surface area (Å²) in [6.07, 6.45) is 0.626. The Morgan fingerprint density at radius 2 is 1.12 bits per heavy atom. The van der Waals surface area contributed by atoms with E-state index in [0.717, 1.165) is 0 Å². The zero-order chi connectivity index (χ0) is 50.8. The van der Waals surface area contributed by atoms with Crippen molar-refractivity contribution in [2.24, 2.45) is 11.0 Å². The standard InChI is InChI=1S/C45H78N8O16/c1-35(2)41(43(58)51-38(8-6-7-13-48-44(59)69-45(3,4)5)42(57)50-37-11-9-36(32-54)10-12-37)52-40(56)34-68-33-39(55)47-14-16-60-18-20-62-22-24-64-26-28-66-30-31-67-29-27-65-25-23-63-21-19-61-17-15-49-53-46/h9-12,35,38,41,54H,6-8,13-34H2,1-5H3,(H,47,55)(H,48,59)(H,50,57)(H,51,58)(H,52,56)/t38-,41-/m0/s1. The van der Waals surface area contributed by atoms with Crippen molar-refractivity contribution in [1.82, 2.24) is 21.3 Å². The maximum absolute atomic E-state index is 13.5. The zero-order valence-corrected chi connectivity index (χ0v) is 41.1. The van der Waals surface area contributed by atoms with E-state index in [2.05, 4.69) is 36.6 Å². The van der Waals surface area contributed by atoms with Crippen LogP contribution in [0.5, 0.6) is 0 Å². The molecular weight excluding hydrogens is 909 g/mol. The smallest absolute Gasteiger partial charge is 0.407 e. The van der Waals surface area contributed by atoms with Crippen LogP contribution < -0.4 is 26.6 Å². The van der Waals surface area contributed by atoms with Gasteiger partial charge in [-0.25, -0.2) is 4.79 Å². The fourth-order valence-corrected chi connectivity index (χ4v) is 5.52. The number of amides is 5. The van der Waals surface area contributed by atoms with Gasteiger partial charge in [-0.05, 0) is 69.2 Å². The molecule has 24 heteroatoms. The van der Waals surface area contributed by atoms with E-state index in [-0.39, 0.29) is 32.1 Å². The number of hydrogen-bond donors (Lipinski definition) is 6. The first-order chi connectivity index (χ1) is 33.2. The first kappa shape index (κ1) is 62.3. The molecule has 0 fully saturated rings. The summed E-state index contributed by atoms with van der Waals surface area (Å²) in [6, 6.07) is 4.59. The summed E-state index contributed by atoms with van der Waals surface area (Å²) in [5, 5.41) is 26.2. The van der Waals surface area contributed by atoms with Crippen molar-refractivity contribution >= 4 is 35.4 Å². The van der Waals surface area contributed by atoms with Gasteiger partial charge < -0.3 is 79.1 Å². The van der Waals surface area contributed by atoms with E-state index in [9.17, 15) is 29.1 Å². The molecule has 394 valence electrons. The highest BCUT2D eigenvalue weighted by Gasteiger charge is 2.29. The maximum Gasteiger partial charge on any atom is 0.407 e. The summed E-state index contributed by atoms with van der Waals surface area (Å²) in [5.41, 5.74) is 8.65. The highest BCUT2D eigenvalue weighted by Crippen LogP contribution is 2.13. The van der Waals surface area contributed by atoms with E-state index < -0.39 is 60.6 Å². The van der Waals surface area contributed by atoms with E-state index in [1.807, 2.05) is 0 Å². The maximum atomic E-state index is 13.5. The summed E-state index contributed by atoms with van der Waals surface area (Å²) < 4.78 is 53.9. The minimum absolute atomic E-state index is 0.156. The SMILES string of the molecule is CC(C)[C@H](NC(=O)COCC(=O)NCCOCCOCCOCCOCCOCCOCCOCCOCCN=[N+]=[N-])C(=O)N[C@@H](CCCCNC(=O)OC(C)(C)C)C(=O)Nc1ccc(CO)cc1. The molecular formula is C45H78N8O16. The molecule has 1 aromatic rings. The molecule has 6 N–H and O–H groups in total. The number of nitrogens with zero attached hydrogens (tertiary/aromatic N) is 3. The van der Waals surface area contributed by atoms with E-state index in [1.165, 1.54) is 0 Å². The van der Waals surface area contributed by atoms with Gasteiger partial charge in [0.1, 0.15) is 30.9 Å². The number of benzene rings is 1. The fourth-order valence-electron chi connectivity index (χ4n) is 5.52. The van der Waals surface area contributed by atoms with Crippen LogP contribution in [-0.4, -0.2) is 191 Å². The van der Waals surface area contributed by atoms with Crippen molar-refractivity contribution in [3.8, 4) is 0 Å². The number of aliphatic hydroxyl groups excluding tert-OH is 1. The van der Waals surface area contributed by atoms with Gasteiger partial charge in [-0.3, -0.25) is 19.2 Å². The number of ether oxygens (including phenoxy) is 10. The molecule has 5 amide bonds. The van der Waals surface area contributed by atoms with Gasteiger partial charge in [-0.2, -0.15) is 0 Å². The van der Waals surface area contributed by atoms with Crippen LogP contribution in [-0.2, 0) is 73.2 Å². The van der Waals surface area contributed by atoms with Gasteiger partial charge in [-0.15, -0.1) is 0 Å². The Balaban J connectivity index is 2.18. The third kappa shape index (κ3) is 36.9. The second kappa shape index (κ2) is 41.1. The fraction of sp³-hybridized carbons (Fsp3) is 0.756. The van der Waals surface area contributed by atoms with Crippen molar-refractivity contribution in [3.05, 3.63) is 40.3 Å². The quantitative estimate of drug-likeness (QED) is 0.0236. The number of azide groups is 1. The molecule has 0 unspecified atom stereocenters. The molecule has 0 aliphatic heterocycles. The van der Waals surface area contributed by atoms with Crippen molar-refractivity contribution in [1.29, 1.82) is 0 Å². The van der Waals surface area contributed by atoms with Crippen LogP contribution in [0, 0.1) is 5.92 Å². The second-order valence-corrected chi connectivity index (χ2v) is 16.3. The number of carbonyl (C=O) groups excluding carboxylic acids is 5. The summed E-state index contributed by atoms with van der Waals surface area (Å²) >= 11 is 0. The second-order valence-electron chi connectivity index (χ2n) is 16.3. The van der Waals surface area contributed by atoms with Crippen molar-refractivity contribution < 1.29 is 76.4 Å². The number of aliphatic hydroxyl groups is 1. The lowest BCUT2D eigenvalue weighted by molar-refractivity contribution is -0.135. The van der Waals surface area contributed by atoms with Gasteiger partial charge in [0, 0.05) is 30.2 Å². The minimum atomic E-state index is -1.02. The Morgan fingerprint density at radius 3 is 1.59 bits per heavy atom. The average Bonchev–Trinajstić information content (AvgIpc) is 3.30. The van der Waals surface area contributed by atoms with Crippen LogP contribution in [0.25, 0.3) is 10.4 Å². The molecule has 1 rings (SSSR count). The third-order valence-corrected chi connectivity index (χ3v) is 8.93.